The number of amides is 2. The number of nitrogens with one attached hydrogen (secondary N) is 1. The van der Waals surface area contributed by atoms with E-state index >= 15 is 0 Å². The van der Waals surface area contributed by atoms with Crippen molar-refractivity contribution in [1.82, 2.24) is 10.2 Å². The van der Waals surface area contributed by atoms with Crippen LogP contribution in [0.25, 0.3) is 0 Å². The first-order chi connectivity index (χ1) is 13.9. The van der Waals surface area contributed by atoms with E-state index in [2.05, 4.69) is 5.32 Å². The van der Waals surface area contributed by atoms with Crippen LogP contribution >= 0.6 is 23.4 Å². The van der Waals surface area contributed by atoms with Crippen molar-refractivity contribution < 1.29 is 14.0 Å². The number of halogens is 2. The third-order valence-electron chi connectivity index (χ3n) is 4.42. The zero-order chi connectivity index (χ0) is 21.2. The molecule has 0 spiro atoms. The first-order valence-corrected chi connectivity index (χ1v) is 11.1. The van der Waals surface area contributed by atoms with E-state index in [-0.39, 0.29) is 29.9 Å². The summed E-state index contributed by atoms with van der Waals surface area (Å²) in [7, 11) is 0. The molecule has 0 heterocycles. The van der Waals surface area contributed by atoms with Crippen molar-refractivity contribution >= 4 is 35.2 Å². The predicted molar refractivity (Wildman–Crippen MR) is 117 cm³/mol. The summed E-state index contributed by atoms with van der Waals surface area (Å²) in [4.78, 5) is 27.0. The van der Waals surface area contributed by atoms with Gasteiger partial charge < -0.3 is 10.2 Å². The molecule has 0 aromatic heterocycles. The van der Waals surface area contributed by atoms with Crippen LogP contribution in [0.1, 0.15) is 31.4 Å². The predicted octanol–water partition coefficient (Wildman–Crippen LogP) is 4.66. The van der Waals surface area contributed by atoms with Crippen molar-refractivity contribution in [3.63, 3.8) is 0 Å². The minimum atomic E-state index is -0.614. The van der Waals surface area contributed by atoms with Gasteiger partial charge in [0.15, 0.2) is 0 Å². The van der Waals surface area contributed by atoms with Crippen molar-refractivity contribution in [3.8, 4) is 0 Å². The van der Waals surface area contributed by atoms with Crippen LogP contribution < -0.4 is 5.32 Å². The molecule has 1 N–H and O–H groups in total. The Hall–Kier alpha value is -2.05. The van der Waals surface area contributed by atoms with E-state index in [1.54, 1.807) is 30.0 Å². The molecular formula is C22H26ClFN2O2S. The lowest BCUT2D eigenvalue weighted by Gasteiger charge is -2.29. The van der Waals surface area contributed by atoms with Crippen LogP contribution in [0.15, 0.2) is 48.5 Å². The van der Waals surface area contributed by atoms with Gasteiger partial charge in [-0.2, -0.15) is 0 Å². The molecule has 0 saturated heterocycles. The minimum absolute atomic E-state index is 0.142. The van der Waals surface area contributed by atoms with Gasteiger partial charge in [0, 0.05) is 23.9 Å². The van der Waals surface area contributed by atoms with Crippen molar-refractivity contribution in [3.05, 3.63) is 70.5 Å². The Morgan fingerprint density at radius 3 is 2.52 bits per heavy atom. The van der Waals surface area contributed by atoms with Gasteiger partial charge in [-0.25, -0.2) is 4.39 Å². The monoisotopic (exact) mass is 436 g/mol. The number of hydrogen-bond donors (Lipinski definition) is 1. The Kier molecular flexibility index (Phi) is 9.48. The number of thioether (sulfide) groups is 1. The lowest BCUT2D eigenvalue weighted by molar-refractivity contribution is -0.138. The summed E-state index contributed by atoms with van der Waals surface area (Å²) >= 11 is 7.70. The maximum Gasteiger partial charge on any atom is 0.242 e. The second kappa shape index (κ2) is 11.8. The van der Waals surface area contributed by atoms with Gasteiger partial charge in [-0.1, -0.05) is 48.9 Å². The molecule has 7 heteroatoms. The molecular weight excluding hydrogens is 411 g/mol. The Bertz CT molecular complexity index is 817. The molecule has 1 atom stereocenters. The van der Waals surface area contributed by atoms with Crippen LogP contribution in [0, 0.1) is 5.82 Å². The maximum absolute atomic E-state index is 13.0. The molecule has 2 aromatic rings. The summed E-state index contributed by atoms with van der Waals surface area (Å²) in [6.07, 6.45) is 0.824. The smallest absolute Gasteiger partial charge is 0.242 e. The van der Waals surface area contributed by atoms with Gasteiger partial charge >= 0.3 is 0 Å². The number of rotatable bonds is 10. The maximum atomic E-state index is 13.0. The number of carbonyl (C=O) groups excluding carboxylic acids is 2. The fourth-order valence-corrected chi connectivity index (χ4v) is 3.77. The van der Waals surface area contributed by atoms with Crippen molar-refractivity contribution in [2.75, 3.05) is 12.3 Å². The highest BCUT2D eigenvalue weighted by molar-refractivity contribution is 7.99. The Labute approximate surface area is 180 Å². The third kappa shape index (κ3) is 7.37. The number of hydrogen-bond acceptors (Lipinski definition) is 3. The molecule has 0 aliphatic rings. The first-order valence-electron chi connectivity index (χ1n) is 9.55. The van der Waals surface area contributed by atoms with E-state index in [1.807, 2.05) is 25.1 Å². The Morgan fingerprint density at radius 2 is 1.86 bits per heavy atom. The summed E-state index contributed by atoms with van der Waals surface area (Å²) in [6.45, 7) is 4.53. The number of nitrogens with zero attached hydrogens (tertiary/aromatic N) is 1. The molecule has 156 valence electrons. The van der Waals surface area contributed by atoms with Gasteiger partial charge in [0.25, 0.3) is 0 Å². The zero-order valence-corrected chi connectivity index (χ0v) is 18.2. The van der Waals surface area contributed by atoms with Crippen LogP contribution in [-0.2, 0) is 21.9 Å². The summed E-state index contributed by atoms with van der Waals surface area (Å²) in [5.74, 6) is 0.190. The normalized spacial score (nSPS) is 11.7. The van der Waals surface area contributed by atoms with E-state index in [0.29, 0.717) is 17.3 Å². The van der Waals surface area contributed by atoms with E-state index in [1.165, 1.54) is 23.9 Å². The molecule has 2 aromatic carbocycles. The molecule has 0 radical (unpaired) electrons. The second-order valence-electron chi connectivity index (χ2n) is 6.70. The van der Waals surface area contributed by atoms with Crippen LogP contribution in [0.2, 0.25) is 5.02 Å². The van der Waals surface area contributed by atoms with E-state index < -0.39 is 6.04 Å². The second-order valence-corrected chi connectivity index (χ2v) is 8.09. The standard InChI is InChI=1S/C22H26ClFN2O2S/c1-3-12-25-22(28)16(2)26(13-18-6-4-5-7-20(18)23)21(27)15-29-14-17-8-10-19(24)11-9-17/h4-11,16H,3,12-15H2,1-2H3,(H,25,28)/t16-/m1/s1. The molecule has 0 unspecified atom stereocenters. The quantitative estimate of drug-likeness (QED) is 0.589. The molecule has 0 aliphatic heterocycles. The van der Waals surface area contributed by atoms with Crippen molar-refractivity contribution in [1.29, 1.82) is 0 Å². The van der Waals surface area contributed by atoms with E-state index in [4.69, 9.17) is 11.6 Å². The molecule has 0 fully saturated rings. The summed E-state index contributed by atoms with van der Waals surface area (Å²) in [6, 6.07) is 12.9. The molecule has 0 saturated carbocycles. The van der Waals surface area contributed by atoms with Gasteiger partial charge in [-0.15, -0.1) is 11.8 Å². The zero-order valence-electron chi connectivity index (χ0n) is 16.7. The SMILES string of the molecule is CCCNC(=O)[C@@H](C)N(Cc1ccccc1Cl)C(=O)CSCc1ccc(F)cc1. The molecule has 0 bridgehead atoms. The molecule has 2 amide bonds. The average Bonchev–Trinajstić information content (AvgIpc) is 2.72. The highest BCUT2D eigenvalue weighted by atomic mass is 35.5. The van der Waals surface area contributed by atoms with Gasteiger partial charge in [-0.05, 0) is 42.7 Å². The van der Waals surface area contributed by atoms with Crippen LogP contribution in [-0.4, -0.2) is 35.1 Å². The topological polar surface area (TPSA) is 49.4 Å². The lowest BCUT2D eigenvalue weighted by Crippen LogP contribution is -2.48. The van der Waals surface area contributed by atoms with Gasteiger partial charge in [0.2, 0.25) is 11.8 Å². The molecule has 4 nitrogen and oxygen atoms in total. The third-order valence-corrected chi connectivity index (χ3v) is 5.78. The molecule has 29 heavy (non-hydrogen) atoms. The molecule has 2 rings (SSSR count). The average molecular weight is 437 g/mol. The van der Waals surface area contributed by atoms with E-state index in [0.717, 1.165) is 17.5 Å². The minimum Gasteiger partial charge on any atom is -0.354 e. The van der Waals surface area contributed by atoms with Gasteiger partial charge in [0.05, 0.1) is 5.75 Å². The first kappa shape index (κ1) is 23.2. The fourth-order valence-electron chi connectivity index (χ4n) is 2.71. The fraction of sp³-hybridized carbons (Fsp3) is 0.364. The van der Waals surface area contributed by atoms with Crippen molar-refractivity contribution in [2.24, 2.45) is 0 Å². The van der Waals surface area contributed by atoms with Crippen LogP contribution in [0.5, 0.6) is 0 Å². The van der Waals surface area contributed by atoms with Gasteiger partial charge in [-0.3, -0.25) is 9.59 Å². The Morgan fingerprint density at radius 1 is 1.17 bits per heavy atom. The number of benzene rings is 2. The summed E-state index contributed by atoms with van der Waals surface area (Å²) < 4.78 is 13.0. The molecule has 0 aliphatic carbocycles. The van der Waals surface area contributed by atoms with Crippen LogP contribution in [0.3, 0.4) is 0 Å². The number of carbonyl (C=O) groups is 2. The lowest BCUT2D eigenvalue weighted by atomic mass is 10.1. The highest BCUT2D eigenvalue weighted by Gasteiger charge is 2.26. The summed E-state index contributed by atoms with van der Waals surface area (Å²) in [5.41, 5.74) is 1.73. The summed E-state index contributed by atoms with van der Waals surface area (Å²) in [5, 5.41) is 3.41. The largest absolute Gasteiger partial charge is 0.354 e. The highest BCUT2D eigenvalue weighted by Crippen LogP contribution is 2.20. The van der Waals surface area contributed by atoms with Gasteiger partial charge in [0.1, 0.15) is 11.9 Å². The van der Waals surface area contributed by atoms with Crippen molar-refractivity contribution in [2.45, 2.75) is 38.6 Å². The van der Waals surface area contributed by atoms with E-state index in [9.17, 15) is 14.0 Å². The Balaban J connectivity index is 2.05. The van der Waals surface area contributed by atoms with Crippen LogP contribution in [0.4, 0.5) is 4.39 Å².